The Morgan fingerprint density at radius 2 is 1.47 bits per heavy atom. The molecular weight excluding hydrogens is 790 g/mol. The van der Waals surface area contributed by atoms with Crippen LogP contribution < -0.4 is 43.8 Å². The van der Waals surface area contributed by atoms with Crippen LogP contribution in [-0.4, -0.2) is 93.6 Å². The summed E-state index contributed by atoms with van der Waals surface area (Å²) >= 11 is 0. The van der Waals surface area contributed by atoms with Gasteiger partial charge in [0.25, 0.3) is 0 Å². The van der Waals surface area contributed by atoms with Crippen LogP contribution in [0, 0.1) is 0 Å². The number of carbonyl (C=O) groups excluding carboxylic acids is 6. The number of aromatic nitrogens is 3. The highest BCUT2D eigenvalue weighted by molar-refractivity contribution is 5.96. The molecule has 6 amide bonds. The molecule has 4 rings (SSSR count). The molecule has 0 aliphatic carbocycles. The number of benzene rings is 2. The highest BCUT2D eigenvalue weighted by Crippen LogP contribution is 2.30. The number of guanidine groups is 1. The second-order valence-electron chi connectivity index (χ2n) is 13.9. The van der Waals surface area contributed by atoms with E-state index in [-0.39, 0.29) is 50.2 Å². The number of imidazole rings is 1. The predicted molar refractivity (Wildman–Crippen MR) is 214 cm³/mol. The molecule has 2 aromatic carbocycles. The Bertz CT molecular complexity index is 2140. The molecule has 60 heavy (non-hydrogen) atoms. The van der Waals surface area contributed by atoms with Gasteiger partial charge in [-0.05, 0) is 42.5 Å². The van der Waals surface area contributed by atoms with Crippen molar-refractivity contribution in [2.75, 3.05) is 13.1 Å². The van der Waals surface area contributed by atoms with Gasteiger partial charge in [0.05, 0.1) is 18.4 Å². The molecule has 2 aromatic heterocycles. The molecule has 18 nitrogen and oxygen atoms in total. The van der Waals surface area contributed by atoms with E-state index in [0.717, 1.165) is 29.1 Å². The third-order valence-electron chi connectivity index (χ3n) is 9.18. The molecule has 0 saturated carbocycles. The molecular formula is C39H49F3N12O6. The summed E-state index contributed by atoms with van der Waals surface area (Å²) in [5.41, 5.74) is 17.1. The van der Waals surface area contributed by atoms with E-state index in [9.17, 15) is 41.9 Å². The number of aliphatic imine (C=N–C) groups is 1. The molecule has 0 unspecified atom stereocenters. The summed E-state index contributed by atoms with van der Waals surface area (Å²) < 4.78 is 41.2. The minimum absolute atomic E-state index is 0.0177. The summed E-state index contributed by atoms with van der Waals surface area (Å²) in [6.07, 6.45) is -0.317. The van der Waals surface area contributed by atoms with E-state index in [0.29, 0.717) is 17.7 Å². The number of fused-ring (bicyclic) bond motifs is 1. The van der Waals surface area contributed by atoms with Gasteiger partial charge < -0.3 is 53.8 Å². The SMILES string of the molecule is CCCC(=O)N[C@@H](Cc1cnc[nH]1)C(=O)N[C@H](Cc1cccc(C(F)(F)F)c1)C(=O)N[C@@H](CCCN=C(N)N)C(=O)N[C@@H](Cc1c[nH]c2ccccc12)C(=O)NCC(N)=O. The zero-order valence-corrected chi connectivity index (χ0v) is 32.7. The summed E-state index contributed by atoms with van der Waals surface area (Å²) in [7, 11) is 0. The number of nitrogens with one attached hydrogen (secondary N) is 7. The van der Waals surface area contributed by atoms with E-state index in [1.807, 2.05) is 18.2 Å². The smallest absolute Gasteiger partial charge is 0.370 e. The monoisotopic (exact) mass is 838 g/mol. The number of rotatable bonds is 22. The van der Waals surface area contributed by atoms with Crippen molar-refractivity contribution < 1.29 is 41.9 Å². The van der Waals surface area contributed by atoms with Crippen LogP contribution in [0.15, 0.2) is 72.2 Å². The van der Waals surface area contributed by atoms with Crippen molar-refractivity contribution in [3.05, 3.63) is 89.6 Å². The van der Waals surface area contributed by atoms with Crippen LogP contribution in [-0.2, 0) is 54.2 Å². The number of hydrogen-bond acceptors (Lipinski definition) is 8. The van der Waals surface area contributed by atoms with Crippen molar-refractivity contribution in [1.29, 1.82) is 0 Å². The molecule has 0 spiro atoms. The van der Waals surface area contributed by atoms with Crippen LogP contribution in [0.25, 0.3) is 10.9 Å². The first kappa shape index (κ1) is 45.8. The van der Waals surface area contributed by atoms with Crippen LogP contribution in [0.3, 0.4) is 0 Å². The molecule has 0 saturated heterocycles. The number of H-pyrrole nitrogens is 2. The van der Waals surface area contributed by atoms with Gasteiger partial charge in [-0.3, -0.25) is 33.8 Å². The van der Waals surface area contributed by atoms with E-state index in [4.69, 9.17) is 17.2 Å². The molecule has 322 valence electrons. The lowest BCUT2D eigenvalue weighted by Crippen LogP contribution is -2.59. The number of amides is 6. The van der Waals surface area contributed by atoms with Gasteiger partial charge in [-0.15, -0.1) is 0 Å². The lowest BCUT2D eigenvalue weighted by Gasteiger charge is -2.27. The number of alkyl halides is 3. The Hall–Kier alpha value is -6.93. The van der Waals surface area contributed by atoms with Gasteiger partial charge >= 0.3 is 6.18 Å². The summed E-state index contributed by atoms with van der Waals surface area (Å²) in [6, 6.07) is 5.82. The zero-order chi connectivity index (χ0) is 43.8. The molecule has 4 atom stereocenters. The third-order valence-corrected chi connectivity index (χ3v) is 9.18. The second kappa shape index (κ2) is 21.7. The topological polar surface area (TPSA) is 297 Å². The number of halogens is 3. The van der Waals surface area contributed by atoms with Crippen molar-refractivity contribution in [2.45, 2.75) is 82.2 Å². The molecule has 4 aromatic rings. The van der Waals surface area contributed by atoms with E-state index in [1.165, 1.54) is 18.6 Å². The first-order valence-electron chi connectivity index (χ1n) is 19.0. The van der Waals surface area contributed by atoms with E-state index >= 15 is 0 Å². The molecule has 0 bridgehead atoms. The molecule has 0 aliphatic rings. The van der Waals surface area contributed by atoms with E-state index in [2.05, 4.69) is 46.5 Å². The molecule has 0 fully saturated rings. The maximum absolute atomic E-state index is 14.3. The fourth-order valence-corrected chi connectivity index (χ4v) is 6.26. The fourth-order valence-electron chi connectivity index (χ4n) is 6.26. The van der Waals surface area contributed by atoms with Gasteiger partial charge in [-0.2, -0.15) is 13.2 Å². The number of aromatic amines is 2. The first-order valence-corrected chi connectivity index (χ1v) is 19.0. The lowest BCUT2D eigenvalue weighted by molar-refractivity contribution is -0.137. The van der Waals surface area contributed by atoms with Gasteiger partial charge in [-0.1, -0.05) is 43.3 Å². The second-order valence-corrected chi connectivity index (χ2v) is 13.9. The average Bonchev–Trinajstić information content (AvgIpc) is 3.87. The predicted octanol–water partition coefficient (Wildman–Crippen LogP) is 0.332. The van der Waals surface area contributed by atoms with Gasteiger partial charge in [0.1, 0.15) is 24.2 Å². The average molecular weight is 839 g/mol. The molecule has 21 heteroatoms. The summed E-state index contributed by atoms with van der Waals surface area (Å²) in [6.45, 7) is 1.26. The largest absolute Gasteiger partial charge is 0.416 e. The van der Waals surface area contributed by atoms with Crippen molar-refractivity contribution in [3.8, 4) is 0 Å². The van der Waals surface area contributed by atoms with Crippen LogP contribution in [0.5, 0.6) is 0 Å². The fraction of sp³-hybridized carbons (Fsp3) is 0.385. The van der Waals surface area contributed by atoms with Crippen molar-refractivity contribution in [2.24, 2.45) is 22.2 Å². The van der Waals surface area contributed by atoms with Crippen LogP contribution in [0.1, 0.15) is 55.0 Å². The zero-order valence-electron chi connectivity index (χ0n) is 32.7. The van der Waals surface area contributed by atoms with Gasteiger partial charge in [-0.25, -0.2) is 4.98 Å². The highest BCUT2D eigenvalue weighted by Gasteiger charge is 2.34. The van der Waals surface area contributed by atoms with Crippen LogP contribution in [0.4, 0.5) is 13.2 Å². The molecule has 2 heterocycles. The number of hydrogen-bond donors (Lipinski definition) is 10. The Kier molecular flexibility index (Phi) is 16.6. The summed E-state index contributed by atoms with van der Waals surface area (Å²) in [5.74, 6) is -4.98. The maximum Gasteiger partial charge on any atom is 0.416 e. The Morgan fingerprint density at radius 1 is 0.800 bits per heavy atom. The minimum atomic E-state index is -4.72. The van der Waals surface area contributed by atoms with Crippen LogP contribution >= 0.6 is 0 Å². The Balaban J connectivity index is 1.66. The third kappa shape index (κ3) is 14.2. The molecule has 0 radical (unpaired) electrons. The van der Waals surface area contributed by atoms with Gasteiger partial charge in [0.2, 0.25) is 35.4 Å². The number of nitrogens with zero attached hydrogens (tertiary/aromatic N) is 2. The first-order chi connectivity index (χ1) is 28.5. The highest BCUT2D eigenvalue weighted by atomic mass is 19.4. The maximum atomic E-state index is 14.3. The van der Waals surface area contributed by atoms with E-state index in [1.54, 1.807) is 19.2 Å². The molecule has 0 aliphatic heterocycles. The van der Waals surface area contributed by atoms with Crippen molar-refractivity contribution >= 4 is 52.3 Å². The number of carbonyl (C=O) groups is 6. The van der Waals surface area contributed by atoms with Gasteiger partial charge in [0.15, 0.2) is 5.96 Å². The lowest BCUT2D eigenvalue weighted by atomic mass is 10.0. The Morgan fingerprint density at radius 3 is 2.12 bits per heavy atom. The minimum Gasteiger partial charge on any atom is -0.370 e. The molecule has 13 N–H and O–H groups in total. The number of para-hydroxylation sites is 1. The summed E-state index contributed by atoms with van der Waals surface area (Å²) in [4.78, 5) is 93.7. The van der Waals surface area contributed by atoms with Crippen molar-refractivity contribution in [3.63, 3.8) is 0 Å². The van der Waals surface area contributed by atoms with Crippen LogP contribution in [0.2, 0.25) is 0 Å². The van der Waals surface area contributed by atoms with Crippen molar-refractivity contribution in [1.82, 2.24) is 41.5 Å². The van der Waals surface area contributed by atoms with E-state index < -0.39 is 84.3 Å². The number of primary amides is 1. The standard InChI is InChI=1S/C39H49F3N12O6/c1-2-7-33(56)51-31(17-25-19-46-21-50-25)37(60)53-29(15-22-8-5-9-24(14-22)39(40,41)42)36(59)52-28(12-6-13-47-38(44)45)35(58)54-30(34(57)49-20-32(43)55)16-23-18-48-27-11-4-3-10-26(23)27/h3-5,8-11,14,18-19,21,28-31,48H,2,6-7,12-13,15-17,20H2,1H3,(H2,43,55)(H,46,50)(H,49,57)(H,51,56)(H,52,59)(H,53,60)(H,54,58)(H4,44,45,47)/t28-,29+,30-,31-/m0/s1. The number of nitrogens with two attached hydrogens (primary N) is 3. The Labute approximate surface area is 342 Å². The quantitative estimate of drug-likeness (QED) is 0.0296. The normalized spacial score (nSPS) is 13.3. The van der Waals surface area contributed by atoms with Gasteiger partial charge in [0, 0.05) is 61.2 Å². The summed E-state index contributed by atoms with van der Waals surface area (Å²) in [5, 5.41) is 13.6.